The average molecular weight is 444 g/mol. The Balaban J connectivity index is 1.63. The third-order valence-electron chi connectivity index (χ3n) is 5.02. The van der Waals surface area contributed by atoms with E-state index in [9.17, 15) is 0 Å². The Hall–Kier alpha value is -2.20. The van der Waals surface area contributed by atoms with Gasteiger partial charge in [0.1, 0.15) is 6.61 Å². The van der Waals surface area contributed by atoms with Crippen molar-refractivity contribution in [3.63, 3.8) is 0 Å². The zero-order valence-corrected chi connectivity index (χ0v) is 18.8. The zero-order valence-electron chi connectivity index (χ0n) is 17.3. The van der Waals surface area contributed by atoms with Crippen LogP contribution in [0.25, 0.3) is 0 Å². The summed E-state index contributed by atoms with van der Waals surface area (Å²) in [5, 5.41) is 4.80. The molecule has 0 amide bonds. The Morgan fingerprint density at radius 1 is 0.933 bits per heavy atom. The molecule has 3 rings (SSSR count). The summed E-state index contributed by atoms with van der Waals surface area (Å²) in [5.41, 5.74) is 3.28. The van der Waals surface area contributed by atoms with Crippen molar-refractivity contribution in [3.8, 4) is 11.5 Å². The SMILES string of the molecule is COc1cccc(CNC(C)CCc2ccccc2)c1OCc1ccc(Cl)cc1Cl. The van der Waals surface area contributed by atoms with E-state index in [1.807, 2.05) is 30.3 Å². The van der Waals surface area contributed by atoms with Gasteiger partial charge in [0, 0.05) is 33.8 Å². The van der Waals surface area contributed by atoms with Crippen molar-refractivity contribution in [2.75, 3.05) is 7.11 Å². The van der Waals surface area contributed by atoms with Gasteiger partial charge in [0.25, 0.3) is 0 Å². The third kappa shape index (κ3) is 6.40. The van der Waals surface area contributed by atoms with Crippen LogP contribution < -0.4 is 14.8 Å². The highest BCUT2D eigenvalue weighted by atomic mass is 35.5. The third-order valence-corrected chi connectivity index (χ3v) is 5.60. The van der Waals surface area contributed by atoms with Gasteiger partial charge in [0.2, 0.25) is 0 Å². The Morgan fingerprint density at radius 2 is 1.73 bits per heavy atom. The van der Waals surface area contributed by atoms with E-state index in [-0.39, 0.29) is 0 Å². The van der Waals surface area contributed by atoms with Gasteiger partial charge in [-0.1, -0.05) is 71.7 Å². The first-order valence-corrected chi connectivity index (χ1v) is 10.8. The number of rotatable bonds is 10. The molecule has 0 aliphatic rings. The summed E-state index contributed by atoms with van der Waals surface area (Å²) in [6, 6.07) is 22.3. The van der Waals surface area contributed by atoms with Crippen molar-refractivity contribution in [3.05, 3.63) is 93.5 Å². The number of benzene rings is 3. The average Bonchev–Trinajstić information content (AvgIpc) is 2.76. The summed E-state index contributed by atoms with van der Waals surface area (Å²) in [5.74, 6) is 1.44. The molecule has 0 aliphatic carbocycles. The topological polar surface area (TPSA) is 30.5 Å². The van der Waals surface area contributed by atoms with Crippen molar-refractivity contribution >= 4 is 23.2 Å². The van der Waals surface area contributed by atoms with Gasteiger partial charge >= 0.3 is 0 Å². The molecular formula is C25H27Cl2NO2. The van der Waals surface area contributed by atoms with E-state index in [4.69, 9.17) is 32.7 Å². The van der Waals surface area contributed by atoms with Crippen LogP contribution in [0.5, 0.6) is 11.5 Å². The number of aryl methyl sites for hydroxylation is 1. The molecule has 0 bridgehead atoms. The van der Waals surface area contributed by atoms with Crippen LogP contribution in [0, 0.1) is 0 Å². The number of halogens is 2. The molecule has 0 saturated heterocycles. The van der Waals surface area contributed by atoms with Crippen molar-refractivity contribution in [2.45, 2.75) is 39.0 Å². The molecule has 158 valence electrons. The van der Waals surface area contributed by atoms with Gasteiger partial charge in [-0.25, -0.2) is 0 Å². The Kier molecular flexibility index (Phi) is 8.44. The molecule has 3 aromatic rings. The van der Waals surface area contributed by atoms with E-state index in [2.05, 4.69) is 42.6 Å². The minimum Gasteiger partial charge on any atom is -0.493 e. The minimum absolute atomic E-state index is 0.340. The van der Waals surface area contributed by atoms with Crippen molar-refractivity contribution in [1.29, 1.82) is 0 Å². The first-order chi connectivity index (χ1) is 14.6. The van der Waals surface area contributed by atoms with Gasteiger partial charge in [-0.3, -0.25) is 0 Å². The zero-order chi connectivity index (χ0) is 21.3. The van der Waals surface area contributed by atoms with Crippen molar-refractivity contribution in [1.82, 2.24) is 5.32 Å². The van der Waals surface area contributed by atoms with E-state index in [0.717, 1.165) is 29.7 Å². The highest BCUT2D eigenvalue weighted by molar-refractivity contribution is 6.35. The highest BCUT2D eigenvalue weighted by Gasteiger charge is 2.13. The Bertz CT molecular complexity index is 947. The predicted octanol–water partition coefficient (Wildman–Crippen LogP) is 6.69. The molecule has 0 saturated carbocycles. The number of para-hydroxylation sites is 1. The molecule has 0 spiro atoms. The van der Waals surface area contributed by atoms with E-state index < -0.39 is 0 Å². The predicted molar refractivity (Wildman–Crippen MR) is 125 cm³/mol. The number of nitrogens with one attached hydrogen (secondary N) is 1. The van der Waals surface area contributed by atoms with Crippen LogP contribution in [0.3, 0.4) is 0 Å². The normalized spacial score (nSPS) is 11.9. The van der Waals surface area contributed by atoms with E-state index in [1.54, 1.807) is 13.2 Å². The molecule has 3 nitrogen and oxygen atoms in total. The molecule has 0 aliphatic heterocycles. The second kappa shape index (κ2) is 11.3. The monoisotopic (exact) mass is 443 g/mol. The summed E-state index contributed by atoms with van der Waals surface area (Å²) >= 11 is 12.3. The molecule has 1 unspecified atom stereocenters. The maximum Gasteiger partial charge on any atom is 0.166 e. The van der Waals surface area contributed by atoms with E-state index in [1.165, 1.54) is 5.56 Å². The van der Waals surface area contributed by atoms with Crippen LogP contribution in [0.1, 0.15) is 30.0 Å². The lowest BCUT2D eigenvalue weighted by molar-refractivity contribution is 0.280. The second-order valence-corrected chi connectivity index (χ2v) is 8.12. The molecule has 0 heterocycles. The number of hydrogen-bond donors (Lipinski definition) is 1. The summed E-state index contributed by atoms with van der Waals surface area (Å²) in [7, 11) is 1.65. The fourth-order valence-electron chi connectivity index (χ4n) is 3.23. The van der Waals surface area contributed by atoms with Crippen molar-refractivity contribution in [2.24, 2.45) is 0 Å². The van der Waals surface area contributed by atoms with Gasteiger partial charge in [-0.05, 0) is 43.5 Å². The minimum atomic E-state index is 0.340. The van der Waals surface area contributed by atoms with Crippen LogP contribution in [-0.4, -0.2) is 13.2 Å². The summed E-state index contributed by atoms with van der Waals surface area (Å²) < 4.78 is 11.7. The van der Waals surface area contributed by atoms with Gasteiger partial charge in [0.05, 0.1) is 7.11 Å². The molecule has 0 fully saturated rings. The molecular weight excluding hydrogens is 417 g/mol. The molecule has 5 heteroatoms. The molecule has 0 radical (unpaired) electrons. The number of hydrogen-bond acceptors (Lipinski definition) is 3. The second-order valence-electron chi connectivity index (χ2n) is 7.28. The Morgan fingerprint density at radius 3 is 2.47 bits per heavy atom. The van der Waals surface area contributed by atoms with Gasteiger partial charge in [-0.2, -0.15) is 0 Å². The summed E-state index contributed by atoms with van der Waals surface area (Å²) in [6.45, 7) is 3.24. The molecule has 30 heavy (non-hydrogen) atoms. The molecule has 1 N–H and O–H groups in total. The smallest absolute Gasteiger partial charge is 0.166 e. The van der Waals surface area contributed by atoms with Gasteiger partial charge in [0.15, 0.2) is 11.5 Å². The van der Waals surface area contributed by atoms with Crippen molar-refractivity contribution < 1.29 is 9.47 Å². The molecule has 0 aromatic heterocycles. The quantitative estimate of drug-likeness (QED) is 0.378. The fourth-order valence-corrected chi connectivity index (χ4v) is 3.69. The lowest BCUT2D eigenvalue weighted by atomic mass is 10.1. The fraction of sp³-hybridized carbons (Fsp3) is 0.280. The van der Waals surface area contributed by atoms with Gasteiger partial charge < -0.3 is 14.8 Å². The molecule has 3 aromatic carbocycles. The number of methoxy groups -OCH3 is 1. The van der Waals surface area contributed by atoms with E-state index >= 15 is 0 Å². The highest BCUT2D eigenvalue weighted by Crippen LogP contribution is 2.33. The first kappa shape index (κ1) is 22.5. The Labute approximate surface area is 188 Å². The summed E-state index contributed by atoms with van der Waals surface area (Å²) in [4.78, 5) is 0. The molecule has 1 atom stereocenters. The largest absolute Gasteiger partial charge is 0.493 e. The van der Waals surface area contributed by atoms with Crippen LogP contribution in [0.2, 0.25) is 10.0 Å². The maximum atomic E-state index is 6.29. The summed E-state index contributed by atoms with van der Waals surface area (Å²) in [6.07, 6.45) is 2.11. The standard InChI is InChI=1S/C25H27Cl2NO2/c1-18(11-12-19-7-4-3-5-8-19)28-16-20-9-6-10-24(29-2)25(20)30-17-21-13-14-22(26)15-23(21)27/h3-10,13-15,18,28H,11-12,16-17H2,1-2H3. The first-order valence-electron chi connectivity index (χ1n) is 10.1. The van der Waals surface area contributed by atoms with E-state index in [0.29, 0.717) is 35.0 Å². The van der Waals surface area contributed by atoms with Gasteiger partial charge in [-0.15, -0.1) is 0 Å². The van der Waals surface area contributed by atoms with Crippen LogP contribution >= 0.6 is 23.2 Å². The van der Waals surface area contributed by atoms with Crippen LogP contribution in [-0.2, 0) is 19.6 Å². The van der Waals surface area contributed by atoms with Crippen LogP contribution in [0.15, 0.2) is 66.7 Å². The maximum absolute atomic E-state index is 6.29. The lowest BCUT2D eigenvalue weighted by Crippen LogP contribution is -2.26. The van der Waals surface area contributed by atoms with Crippen LogP contribution in [0.4, 0.5) is 0 Å². The lowest BCUT2D eigenvalue weighted by Gasteiger charge is -2.18. The number of ether oxygens (including phenoxy) is 2.